The Morgan fingerprint density at radius 3 is 2.35 bits per heavy atom. The predicted molar refractivity (Wildman–Crippen MR) is 64.7 cm³/mol. The van der Waals surface area contributed by atoms with Crippen LogP contribution in [0.25, 0.3) is 0 Å². The molecule has 0 amide bonds. The number of hydrogen-bond donors (Lipinski definition) is 4. The van der Waals surface area contributed by atoms with Crippen LogP contribution in [0.15, 0.2) is 24.3 Å². The summed E-state index contributed by atoms with van der Waals surface area (Å²) in [5.41, 5.74) is 0. The molecule has 20 heavy (non-hydrogen) atoms. The van der Waals surface area contributed by atoms with Crippen LogP contribution in [0.1, 0.15) is 6.42 Å². The minimum Gasteiger partial charge on any atom is -0.508 e. The molecule has 2 rings (SSSR count). The number of rotatable bonds is 3. The molecular weight excluding hydrogens is 274 g/mol. The van der Waals surface area contributed by atoms with E-state index in [0.29, 0.717) is 0 Å². The van der Waals surface area contributed by atoms with Crippen molar-refractivity contribution in [1.82, 2.24) is 0 Å². The lowest BCUT2D eigenvalue weighted by molar-refractivity contribution is -0.228. The number of benzene rings is 1. The molecule has 4 atom stereocenters. The number of phenolic OH excluding ortho intramolecular Hbond substituents is 1. The van der Waals surface area contributed by atoms with Crippen LogP contribution < -0.4 is 4.74 Å². The lowest BCUT2D eigenvalue weighted by Crippen LogP contribution is -2.59. The Morgan fingerprint density at radius 2 is 1.80 bits per heavy atom. The molecule has 0 aromatic heterocycles. The highest BCUT2D eigenvalue weighted by Crippen LogP contribution is 2.41. The lowest BCUT2D eigenvalue weighted by Gasteiger charge is -2.42. The second-order valence-electron chi connectivity index (χ2n) is 4.86. The summed E-state index contributed by atoms with van der Waals surface area (Å²) < 4.78 is 33.4. The van der Waals surface area contributed by atoms with Gasteiger partial charge < -0.3 is 25.2 Å². The summed E-state index contributed by atoms with van der Waals surface area (Å²) in [7, 11) is 0. The number of phenols is 1. The molecule has 1 aromatic rings. The minimum atomic E-state index is -3.48. The number of aromatic hydroxyl groups is 1. The van der Waals surface area contributed by atoms with E-state index in [4.69, 9.17) is 14.9 Å². The van der Waals surface area contributed by atoms with Crippen molar-refractivity contribution in [1.29, 1.82) is 0 Å². The van der Waals surface area contributed by atoms with E-state index in [1.165, 1.54) is 24.3 Å². The zero-order valence-electron chi connectivity index (χ0n) is 10.5. The number of halogens is 2. The van der Waals surface area contributed by atoms with Gasteiger partial charge in [-0.2, -0.15) is 0 Å². The number of aliphatic hydroxyl groups is 3. The number of hydrogen-bond acceptors (Lipinski definition) is 5. The third kappa shape index (κ3) is 2.70. The van der Waals surface area contributed by atoms with Gasteiger partial charge in [-0.3, -0.25) is 0 Å². The van der Waals surface area contributed by atoms with Gasteiger partial charge in [0.15, 0.2) is 6.10 Å². The van der Waals surface area contributed by atoms with Gasteiger partial charge in [0.05, 0.1) is 24.7 Å². The third-order valence-corrected chi connectivity index (χ3v) is 3.50. The normalized spacial score (nSPS) is 32.9. The van der Waals surface area contributed by atoms with Gasteiger partial charge in [-0.05, 0) is 24.3 Å². The van der Waals surface area contributed by atoms with Crippen molar-refractivity contribution in [2.75, 3.05) is 6.61 Å². The Morgan fingerprint density at radius 1 is 1.20 bits per heavy atom. The Bertz CT molecular complexity index is 451. The Kier molecular flexibility index (Phi) is 4.12. The molecule has 0 spiro atoms. The quantitative estimate of drug-likeness (QED) is 0.651. The Labute approximate surface area is 114 Å². The van der Waals surface area contributed by atoms with E-state index in [9.17, 15) is 19.0 Å². The zero-order chi connectivity index (χ0) is 14.9. The van der Waals surface area contributed by atoms with E-state index in [-0.39, 0.29) is 11.5 Å². The van der Waals surface area contributed by atoms with Crippen LogP contribution in [0.4, 0.5) is 8.78 Å². The highest BCUT2D eigenvalue weighted by Gasteiger charge is 2.57. The summed E-state index contributed by atoms with van der Waals surface area (Å²) in [5, 5.41) is 37.2. The van der Waals surface area contributed by atoms with Crippen molar-refractivity contribution >= 4 is 0 Å². The first-order valence-corrected chi connectivity index (χ1v) is 6.16. The number of alkyl halides is 2. The van der Waals surface area contributed by atoms with Crippen LogP contribution >= 0.6 is 0 Å². The van der Waals surface area contributed by atoms with Gasteiger partial charge in [0.25, 0.3) is 5.92 Å². The molecule has 5 nitrogen and oxygen atoms in total. The summed E-state index contributed by atoms with van der Waals surface area (Å²) >= 11 is 0. The van der Waals surface area contributed by atoms with Crippen molar-refractivity contribution < 1.29 is 33.9 Å². The molecule has 2 unspecified atom stereocenters. The second kappa shape index (κ2) is 5.51. The van der Waals surface area contributed by atoms with Gasteiger partial charge >= 0.3 is 0 Å². The molecule has 0 saturated heterocycles. The second-order valence-corrected chi connectivity index (χ2v) is 4.86. The average Bonchev–Trinajstić information content (AvgIpc) is 2.39. The van der Waals surface area contributed by atoms with Crippen LogP contribution in [-0.2, 0) is 0 Å². The van der Waals surface area contributed by atoms with Crippen LogP contribution in [-0.4, -0.2) is 51.3 Å². The van der Waals surface area contributed by atoms with Crippen molar-refractivity contribution in [2.45, 2.75) is 30.7 Å². The lowest BCUT2D eigenvalue weighted by atomic mass is 9.79. The first-order chi connectivity index (χ1) is 9.36. The van der Waals surface area contributed by atoms with E-state index in [2.05, 4.69) is 0 Å². The van der Waals surface area contributed by atoms with Gasteiger partial charge in [0, 0.05) is 6.42 Å². The van der Waals surface area contributed by atoms with Crippen molar-refractivity contribution in [3.8, 4) is 11.5 Å². The average molecular weight is 290 g/mol. The Balaban J connectivity index is 2.19. The molecule has 0 heterocycles. The number of aliphatic hydroxyl groups excluding tert-OH is 3. The van der Waals surface area contributed by atoms with Crippen molar-refractivity contribution in [3.63, 3.8) is 0 Å². The molecule has 1 aromatic carbocycles. The van der Waals surface area contributed by atoms with Gasteiger partial charge in [-0.15, -0.1) is 0 Å². The molecule has 1 aliphatic rings. The third-order valence-electron chi connectivity index (χ3n) is 3.50. The first-order valence-electron chi connectivity index (χ1n) is 6.16. The van der Waals surface area contributed by atoms with Crippen LogP contribution in [0.5, 0.6) is 11.5 Å². The molecule has 112 valence electrons. The maximum atomic E-state index is 14.1. The summed E-state index contributed by atoms with van der Waals surface area (Å²) in [4.78, 5) is 0. The van der Waals surface area contributed by atoms with Gasteiger partial charge in [0.1, 0.15) is 11.5 Å². The summed E-state index contributed by atoms with van der Waals surface area (Å²) in [6.07, 6.45) is -5.21. The maximum Gasteiger partial charge on any atom is 0.291 e. The molecule has 7 heteroatoms. The minimum absolute atomic E-state index is 0.0311. The summed E-state index contributed by atoms with van der Waals surface area (Å²) in [6, 6.07) is 5.20. The predicted octanol–water partition coefficient (Wildman–Crippen LogP) is 0.509. The smallest absolute Gasteiger partial charge is 0.291 e. The molecule has 1 aliphatic carbocycles. The fourth-order valence-corrected chi connectivity index (χ4v) is 2.30. The summed E-state index contributed by atoms with van der Waals surface area (Å²) in [5.74, 6) is -5.19. The van der Waals surface area contributed by atoms with E-state index < -0.39 is 43.2 Å². The van der Waals surface area contributed by atoms with E-state index in [0.717, 1.165) is 0 Å². The molecule has 0 aliphatic heterocycles. The fraction of sp³-hybridized carbons (Fsp3) is 0.538. The molecular formula is C13H16F2O5. The molecule has 0 bridgehead atoms. The van der Waals surface area contributed by atoms with Gasteiger partial charge in [0.2, 0.25) is 0 Å². The summed E-state index contributed by atoms with van der Waals surface area (Å²) in [6.45, 7) is -0.958. The van der Waals surface area contributed by atoms with E-state index in [1.54, 1.807) is 0 Å². The monoisotopic (exact) mass is 290 g/mol. The number of ether oxygens (including phenoxy) is 1. The topological polar surface area (TPSA) is 90.2 Å². The highest BCUT2D eigenvalue weighted by atomic mass is 19.3. The standard InChI is InChI=1S/C13H16F2O5/c14-13(15)9(6-16)12(19)10(18)5-11(13)20-8-3-1-7(17)2-4-8/h1-4,9-12,16-19H,5-6H2/t9?,10?,11-,12-/m1/s1. The molecule has 1 saturated carbocycles. The fourth-order valence-electron chi connectivity index (χ4n) is 2.30. The van der Waals surface area contributed by atoms with E-state index in [1.807, 2.05) is 0 Å². The SMILES string of the molecule is OCC1[C@@H](O)C(O)C[C@@H](Oc2ccc(O)cc2)C1(F)F. The Hall–Kier alpha value is -1.44. The van der Waals surface area contributed by atoms with Crippen LogP contribution in [0.3, 0.4) is 0 Å². The van der Waals surface area contributed by atoms with Gasteiger partial charge in [-0.1, -0.05) is 0 Å². The maximum absolute atomic E-state index is 14.1. The largest absolute Gasteiger partial charge is 0.508 e. The van der Waals surface area contributed by atoms with Crippen molar-refractivity contribution in [3.05, 3.63) is 24.3 Å². The van der Waals surface area contributed by atoms with E-state index >= 15 is 0 Å². The van der Waals surface area contributed by atoms with Crippen molar-refractivity contribution in [2.24, 2.45) is 5.92 Å². The molecule has 4 N–H and O–H groups in total. The highest BCUT2D eigenvalue weighted by molar-refractivity contribution is 5.30. The first kappa shape index (κ1) is 15.0. The van der Waals surface area contributed by atoms with Crippen LogP contribution in [0, 0.1) is 5.92 Å². The molecule has 0 radical (unpaired) electrons. The molecule has 1 fully saturated rings. The van der Waals surface area contributed by atoms with Crippen LogP contribution in [0.2, 0.25) is 0 Å². The zero-order valence-corrected chi connectivity index (χ0v) is 10.5. The van der Waals surface area contributed by atoms with Gasteiger partial charge in [-0.25, -0.2) is 8.78 Å².